The Hall–Kier alpha value is -1.87. The second-order valence-corrected chi connectivity index (χ2v) is 9.65. The molecule has 0 unspecified atom stereocenters. The van der Waals surface area contributed by atoms with Crippen LogP contribution < -0.4 is 16.0 Å². The number of amides is 3. The van der Waals surface area contributed by atoms with Gasteiger partial charge in [0.25, 0.3) is 0 Å². The Bertz CT molecular complexity index is 816. The Kier molecular flexibility index (Phi) is 7.05. The zero-order valence-corrected chi connectivity index (χ0v) is 16.7. The van der Waals surface area contributed by atoms with Crippen LogP contribution in [0, 0.1) is 11.7 Å². The molecule has 0 bridgehead atoms. The zero-order chi connectivity index (χ0) is 20.2. The largest absolute Gasteiger partial charge is 0.334 e. The first-order chi connectivity index (χ1) is 12.6. The smallest absolute Gasteiger partial charge is 0.315 e. The summed E-state index contributed by atoms with van der Waals surface area (Å²) >= 11 is 5.71. The lowest BCUT2D eigenvalue weighted by atomic mass is 10.0. The first-order valence-corrected chi connectivity index (χ1v) is 10.8. The Balaban J connectivity index is 1.99. The normalized spacial score (nSPS) is 19.5. The van der Waals surface area contributed by atoms with Crippen molar-refractivity contribution in [3.8, 4) is 0 Å². The Morgan fingerprint density at radius 1 is 1.33 bits per heavy atom. The maximum Gasteiger partial charge on any atom is 0.315 e. The number of hydrogen-bond donors (Lipinski definition) is 3. The van der Waals surface area contributed by atoms with Gasteiger partial charge in [-0.1, -0.05) is 25.4 Å². The van der Waals surface area contributed by atoms with E-state index >= 15 is 0 Å². The number of hydrogen-bond acceptors (Lipinski definition) is 4. The van der Waals surface area contributed by atoms with E-state index in [-0.39, 0.29) is 22.4 Å². The van der Waals surface area contributed by atoms with Crippen molar-refractivity contribution in [3.05, 3.63) is 29.0 Å². The van der Waals surface area contributed by atoms with Crippen LogP contribution in [-0.4, -0.2) is 43.9 Å². The molecule has 1 aromatic rings. The van der Waals surface area contributed by atoms with Crippen molar-refractivity contribution < 1.29 is 22.4 Å². The number of urea groups is 1. The van der Waals surface area contributed by atoms with Gasteiger partial charge in [-0.15, -0.1) is 0 Å². The molecule has 1 aliphatic heterocycles. The minimum Gasteiger partial charge on any atom is -0.334 e. The van der Waals surface area contributed by atoms with Crippen LogP contribution in [0.15, 0.2) is 18.2 Å². The topological polar surface area (TPSA) is 104 Å². The quantitative estimate of drug-likeness (QED) is 0.658. The lowest BCUT2D eigenvalue weighted by molar-refractivity contribution is -0.118. The summed E-state index contributed by atoms with van der Waals surface area (Å²) in [5.41, 5.74) is 0.309. The Morgan fingerprint density at radius 3 is 2.59 bits per heavy atom. The van der Waals surface area contributed by atoms with Gasteiger partial charge in [0.1, 0.15) is 11.9 Å². The summed E-state index contributed by atoms with van der Waals surface area (Å²) in [5.74, 6) is -1.02. The Morgan fingerprint density at radius 2 is 2.04 bits per heavy atom. The number of benzene rings is 1. The monoisotopic (exact) mass is 419 g/mol. The van der Waals surface area contributed by atoms with E-state index in [9.17, 15) is 22.4 Å². The average Bonchev–Trinajstić information content (AvgIpc) is 2.88. The second kappa shape index (κ2) is 8.88. The summed E-state index contributed by atoms with van der Waals surface area (Å²) in [6.07, 6.45) is 0.724. The predicted octanol–water partition coefficient (Wildman–Crippen LogP) is 2.32. The minimum absolute atomic E-state index is 0.0409. The number of rotatable bonds is 6. The number of halogens is 2. The molecule has 0 aliphatic carbocycles. The van der Waals surface area contributed by atoms with Crippen molar-refractivity contribution in [2.45, 2.75) is 38.8 Å². The zero-order valence-electron chi connectivity index (χ0n) is 15.1. The van der Waals surface area contributed by atoms with Gasteiger partial charge in [0.2, 0.25) is 5.91 Å². The number of carbonyl (C=O) groups excluding carboxylic acids is 2. The van der Waals surface area contributed by atoms with Gasteiger partial charge in [0.05, 0.1) is 16.5 Å². The fraction of sp³-hybridized carbons (Fsp3) is 0.529. The van der Waals surface area contributed by atoms with E-state index < -0.39 is 39.7 Å². The molecular weight excluding hydrogens is 397 g/mol. The molecular formula is C17H23ClFN3O4S. The second-order valence-electron chi connectivity index (χ2n) is 7.02. The molecule has 1 saturated heterocycles. The van der Waals surface area contributed by atoms with Crippen LogP contribution in [0.1, 0.15) is 26.7 Å². The first kappa shape index (κ1) is 21.4. The third-order valence-electron chi connectivity index (χ3n) is 4.08. The summed E-state index contributed by atoms with van der Waals surface area (Å²) < 4.78 is 36.2. The van der Waals surface area contributed by atoms with Crippen LogP contribution in [0.2, 0.25) is 5.02 Å². The molecule has 3 N–H and O–H groups in total. The minimum atomic E-state index is -3.12. The molecule has 2 rings (SSSR count). The maximum atomic E-state index is 13.2. The van der Waals surface area contributed by atoms with Crippen molar-refractivity contribution in [2.75, 3.05) is 16.8 Å². The number of carbonyl (C=O) groups is 2. The molecule has 150 valence electrons. The predicted molar refractivity (Wildman–Crippen MR) is 102 cm³/mol. The van der Waals surface area contributed by atoms with Gasteiger partial charge in [-0.25, -0.2) is 17.6 Å². The molecule has 27 heavy (non-hydrogen) atoms. The molecule has 0 aromatic heterocycles. The summed E-state index contributed by atoms with van der Waals surface area (Å²) in [4.78, 5) is 24.7. The number of anilines is 1. The molecule has 0 radical (unpaired) electrons. The average molecular weight is 420 g/mol. The molecule has 1 fully saturated rings. The summed E-state index contributed by atoms with van der Waals surface area (Å²) in [5, 5.41) is 7.65. The highest BCUT2D eigenvalue weighted by atomic mass is 35.5. The van der Waals surface area contributed by atoms with Crippen molar-refractivity contribution in [2.24, 2.45) is 5.92 Å². The maximum absolute atomic E-state index is 13.2. The molecule has 1 heterocycles. The molecule has 2 atom stereocenters. The molecule has 1 aliphatic rings. The van der Waals surface area contributed by atoms with Crippen LogP contribution in [0.5, 0.6) is 0 Å². The molecule has 0 spiro atoms. The van der Waals surface area contributed by atoms with Gasteiger partial charge >= 0.3 is 6.03 Å². The van der Waals surface area contributed by atoms with Gasteiger partial charge in [-0.05, 0) is 37.0 Å². The standard InChI is InChI=1S/C17H23ClFN3O4S/c1-10(2)7-15(16(23)20-11-3-4-14(19)13(18)8-11)22-17(24)21-12-5-6-27(25,26)9-12/h3-4,8,10,12,15H,5-7,9H2,1-2H3,(H,20,23)(H2,21,22,24)/t12-,15-/m0/s1. The molecule has 1 aromatic carbocycles. The fourth-order valence-electron chi connectivity index (χ4n) is 2.80. The van der Waals surface area contributed by atoms with E-state index in [0.29, 0.717) is 18.5 Å². The third-order valence-corrected chi connectivity index (χ3v) is 6.14. The van der Waals surface area contributed by atoms with Crippen LogP contribution in [0.25, 0.3) is 0 Å². The lowest BCUT2D eigenvalue weighted by Crippen LogP contribution is -2.51. The van der Waals surface area contributed by atoms with Gasteiger partial charge in [0, 0.05) is 11.7 Å². The molecule has 7 nitrogen and oxygen atoms in total. The highest BCUT2D eigenvalue weighted by Crippen LogP contribution is 2.20. The van der Waals surface area contributed by atoms with E-state index in [1.807, 2.05) is 13.8 Å². The number of nitrogens with one attached hydrogen (secondary N) is 3. The van der Waals surface area contributed by atoms with Crippen molar-refractivity contribution in [1.82, 2.24) is 10.6 Å². The van der Waals surface area contributed by atoms with Gasteiger partial charge in [0.15, 0.2) is 9.84 Å². The highest BCUT2D eigenvalue weighted by Gasteiger charge is 2.30. The summed E-state index contributed by atoms with van der Waals surface area (Å²) in [6.45, 7) is 3.80. The van der Waals surface area contributed by atoms with Crippen molar-refractivity contribution >= 4 is 39.1 Å². The molecule has 3 amide bonds. The van der Waals surface area contributed by atoms with E-state index in [2.05, 4.69) is 16.0 Å². The van der Waals surface area contributed by atoms with Gasteiger partial charge in [-0.3, -0.25) is 4.79 Å². The first-order valence-electron chi connectivity index (χ1n) is 8.59. The lowest BCUT2D eigenvalue weighted by Gasteiger charge is -2.21. The van der Waals surface area contributed by atoms with Crippen LogP contribution in [0.3, 0.4) is 0 Å². The van der Waals surface area contributed by atoms with Crippen molar-refractivity contribution in [3.63, 3.8) is 0 Å². The van der Waals surface area contributed by atoms with Gasteiger partial charge < -0.3 is 16.0 Å². The van der Waals surface area contributed by atoms with E-state index in [1.165, 1.54) is 12.1 Å². The summed E-state index contributed by atoms with van der Waals surface area (Å²) in [6, 6.07) is 1.88. The third kappa shape index (κ3) is 6.66. The van der Waals surface area contributed by atoms with E-state index in [1.54, 1.807) is 0 Å². The Labute approximate surface area is 163 Å². The van der Waals surface area contributed by atoms with Gasteiger partial charge in [-0.2, -0.15) is 0 Å². The number of sulfone groups is 1. The van der Waals surface area contributed by atoms with E-state index in [0.717, 1.165) is 6.07 Å². The highest BCUT2D eigenvalue weighted by molar-refractivity contribution is 7.91. The molecule has 10 heteroatoms. The SMILES string of the molecule is CC(C)C[C@H](NC(=O)N[C@H]1CCS(=O)(=O)C1)C(=O)Nc1ccc(F)c(Cl)c1. The van der Waals surface area contributed by atoms with Crippen molar-refractivity contribution in [1.29, 1.82) is 0 Å². The fourth-order valence-corrected chi connectivity index (χ4v) is 4.65. The van der Waals surface area contributed by atoms with E-state index in [4.69, 9.17) is 11.6 Å². The molecule has 0 saturated carbocycles. The summed E-state index contributed by atoms with van der Waals surface area (Å²) in [7, 11) is -3.12. The van der Waals surface area contributed by atoms with Crippen LogP contribution >= 0.6 is 11.6 Å². The van der Waals surface area contributed by atoms with Crippen LogP contribution in [0.4, 0.5) is 14.9 Å². The van der Waals surface area contributed by atoms with Crippen LogP contribution in [-0.2, 0) is 14.6 Å².